The maximum atomic E-state index is 12.2. The lowest BCUT2D eigenvalue weighted by molar-refractivity contribution is -0.150. The topological polar surface area (TPSA) is 66.8 Å². The molecule has 1 N–H and O–H groups in total. The predicted molar refractivity (Wildman–Crippen MR) is 77.5 cm³/mol. The van der Waals surface area contributed by atoms with Gasteiger partial charge in [0.2, 0.25) is 0 Å². The quantitative estimate of drug-likeness (QED) is 0.841. The van der Waals surface area contributed by atoms with E-state index in [1.54, 1.807) is 4.90 Å². The van der Waals surface area contributed by atoms with Crippen LogP contribution in [0.2, 0.25) is 0 Å². The first-order valence-electron chi connectivity index (χ1n) is 7.20. The summed E-state index contributed by atoms with van der Waals surface area (Å²) in [6, 6.07) is 9.44. The van der Waals surface area contributed by atoms with Crippen molar-refractivity contribution < 1.29 is 19.4 Å². The van der Waals surface area contributed by atoms with E-state index in [4.69, 9.17) is 4.74 Å². The summed E-state index contributed by atoms with van der Waals surface area (Å²) in [5.74, 6) is -0.612. The normalized spacial score (nSPS) is 17.3. The number of likely N-dealkylation sites (tertiary alicyclic amines) is 1. The monoisotopic (exact) mass is 291 g/mol. The molecule has 0 aromatic heterocycles. The zero-order valence-corrected chi connectivity index (χ0v) is 12.2. The summed E-state index contributed by atoms with van der Waals surface area (Å²) >= 11 is 0. The first kappa shape index (κ1) is 15.5. The zero-order valence-electron chi connectivity index (χ0n) is 12.2. The second-order valence-electron chi connectivity index (χ2n) is 5.33. The second kappa shape index (κ2) is 7.22. The second-order valence-corrected chi connectivity index (χ2v) is 5.33. The van der Waals surface area contributed by atoms with Crippen LogP contribution >= 0.6 is 0 Å². The van der Waals surface area contributed by atoms with Gasteiger partial charge in [0.15, 0.2) is 0 Å². The van der Waals surface area contributed by atoms with Crippen molar-refractivity contribution in [3.8, 4) is 0 Å². The van der Waals surface area contributed by atoms with E-state index in [-0.39, 0.29) is 17.8 Å². The van der Waals surface area contributed by atoms with Crippen molar-refractivity contribution in [2.24, 2.45) is 5.92 Å². The summed E-state index contributed by atoms with van der Waals surface area (Å²) in [5.41, 5.74) is 0.933. The molecule has 1 aliphatic rings. The van der Waals surface area contributed by atoms with E-state index in [1.807, 2.05) is 30.3 Å². The Morgan fingerprint density at radius 2 is 1.90 bits per heavy atom. The van der Waals surface area contributed by atoms with Gasteiger partial charge in [-0.05, 0) is 18.4 Å². The van der Waals surface area contributed by atoms with Crippen LogP contribution < -0.4 is 0 Å². The Kier molecular flexibility index (Phi) is 5.33. The van der Waals surface area contributed by atoms with Crippen LogP contribution in [0, 0.1) is 5.92 Å². The maximum Gasteiger partial charge on any atom is 0.308 e. The molecule has 0 saturated carbocycles. The van der Waals surface area contributed by atoms with Crippen molar-refractivity contribution >= 4 is 11.9 Å². The first-order chi connectivity index (χ1) is 10.1. The number of ether oxygens (including phenoxy) is 1. The van der Waals surface area contributed by atoms with Gasteiger partial charge in [0.05, 0.1) is 13.0 Å². The molecule has 1 aliphatic heterocycles. The summed E-state index contributed by atoms with van der Waals surface area (Å²) in [6.45, 7) is 0.981. The lowest BCUT2D eigenvalue weighted by Crippen LogP contribution is -2.45. The van der Waals surface area contributed by atoms with Crippen molar-refractivity contribution in [3.63, 3.8) is 0 Å². The summed E-state index contributed by atoms with van der Waals surface area (Å²) in [6.07, 6.45) is 0.478. The van der Waals surface area contributed by atoms with Crippen molar-refractivity contribution in [2.75, 3.05) is 20.2 Å². The van der Waals surface area contributed by atoms with Gasteiger partial charge in [-0.1, -0.05) is 30.3 Å². The Morgan fingerprint density at radius 1 is 1.29 bits per heavy atom. The largest absolute Gasteiger partial charge is 0.469 e. The number of piperidine rings is 1. The van der Waals surface area contributed by atoms with Gasteiger partial charge in [-0.3, -0.25) is 9.59 Å². The fraction of sp³-hybridized carbons (Fsp3) is 0.500. The fourth-order valence-corrected chi connectivity index (χ4v) is 2.64. The number of nitrogens with zero attached hydrogens (tertiary/aromatic N) is 1. The molecule has 5 nitrogen and oxygen atoms in total. The van der Waals surface area contributed by atoms with Crippen molar-refractivity contribution in [3.05, 3.63) is 35.9 Å². The molecule has 0 bridgehead atoms. The molecule has 5 heteroatoms. The first-order valence-corrected chi connectivity index (χ1v) is 7.20. The maximum absolute atomic E-state index is 12.2. The van der Waals surface area contributed by atoms with Crippen molar-refractivity contribution in [1.29, 1.82) is 0 Å². The highest BCUT2D eigenvalue weighted by Gasteiger charge is 2.30. The van der Waals surface area contributed by atoms with E-state index in [9.17, 15) is 14.7 Å². The number of rotatable bonds is 4. The third kappa shape index (κ3) is 4.04. The van der Waals surface area contributed by atoms with Gasteiger partial charge in [-0.15, -0.1) is 0 Å². The van der Waals surface area contributed by atoms with Crippen LogP contribution in [0.4, 0.5) is 0 Å². The molecule has 0 radical (unpaired) electrons. The number of carbonyl (C=O) groups excluding carboxylic acids is 2. The number of carbonyl (C=O) groups is 2. The number of aliphatic hydroxyl groups excluding tert-OH is 1. The number of methoxy groups -OCH3 is 1. The third-order valence-electron chi connectivity index (χ3n) is 3.90. The number of benzene rings is 1. The molecule has 0 spiro atoms. The standard InChI is InChI=1S/C16H21NO4/c1-21-16(20)13-7-9-17(10-8-13)15(19)14(18)11-12-5-3-2-4-6-12/h2-6,13-14,18H,7-11H2,1H3. The number of hydrogen-bond acceptors (Lipinski definition) is 4. The summed E-state index contributed by atoms with van der Waals surface area (Å²) in [4.78, 5) is 25.3. The molecule has 1 heterocycles. The average Bonchev–Trinajstić information content (AvgIpc) is 2.54. The Labute approximate surface area is 124 Å². The highest BCUT2D eigenvalue weighted by molar-refractivity contribution is 5.81. The van der Waals surface area contributed by atoms with E-state index >= 15 is 0 Å². The SMILES string of the molecule is COC(=O)C1CCN(C(=O)C(O)Cc2ccccc2)CC1. The summed E-state index contributed by atoms with van der Waals surface area (Å²) in [5, 5.41) is 10.1. The van der Waals surface area contributed by atoms with E-state index < -0.39 is 6.10 Å². The molecule has 1 saturated heterocycles. The Morgan fingerprint density at radius 3 is 2.48 bits per heavy atom. The minimum Gasteiger partial charge on any atom is -0.469 e. The number of esters is 1. The Balaban J connectivity index is 1.85. The fourth-order valence-electron chi connectivity index (χ4n) is 2.64. The lowest BCUT2D eigenvalue weighted by atomic mass is 9.96. The molecule has 0 aliphatic carbocycles. The minimum absolute atomic E-state index is 0.134. The molecule has 1 amide bonds. The van der Waals surface area contributed by atoms with Gasteiger partial charge >= 0.3 is 5.97 Å². The van der Waals surface area contributed by atoms with Crippen molar-refractivity contribution in [1.82, 2.24) is 4.90 Å². The van der Waals surface area contributed by atoms with Crippen LogP contribution in [0.3, 0.4) is 0 Å². The van der Waals surface area contributed by atoms with Crippen LogP contribution in [-0.2, 0) is 20.7 Å². The molecule has 1 unspecified atom stereocenters. The molecule has 1 fully saturated rings. The number of hydrogen-bond donors (Lipinski definition) is 1. The van der Waals surface area contributed by atoms with E-state index in [1.165, 1.54) is 7.11 Å². The molecule has 1 aromatic carbocycles. The van der Waals surface area contributed by atoms with Crippen LogP contribution in [0.1, 0.15) is 18.4 Å². The van der Waals surface area contributed by atoms with Gasteiger partial charge in [-0.25, -0.2) is 0 Å². The molecule has 1 aromatic rings. The molecule has 1 atom stereocenters. The number of aliphatic hydroxyl groups is 1. The van der Waals surface area contributed by atoms with Gasteiger partial charge in [-0.2, -0.15) is 0 Å². The molecular formula is C16H21NO4. The van der Waals surface area contributed by atoms with Crippen LogP contribution in [0.5, 0.6) is 0 Å². The van der Waals surface area contributed by atoms with Gasteiger partial charge < -0.3 is 14.7 Å². The molecular weight excluding hydrogens is 270 g/mol. The summed E-state index contributed by atoms with van der Waals surface area (Å²) in [7, 11) is 1.38. The van der Waals surface area contributed by atoms with Gasteiger partial charge in [0.25, 0.3) is 5.91 Å². The summed E-state index contributed by atoms with van der Waals surface area (Å²) < 4.78 is 4.72. The lowest BCUT2D eigenvalue weighted by Gasteiger charge is -2.32. The predicted octanol–water partition coefficient (Wildman–Crippen LogP) is 1.00. The third-order valence-corrected chi connectivity index (χ3v) is 3.90. The number of amides is 1. The van der Waals surface area contributed by atoms with E-state index in [2.05, 4.69) is 0 Å². The average molecular weight is 291 g/mol. The smallest absolute Gasteiger partial charge is 0.308 e. The van der Waals surface area contributed by atoms with E-state index in [0.717, 1.165) is 5.56 Å². The van der Waals surface area contributed by atoms with Crippen LogP contribution in [0.15, 0.2) is 30.3 Å². The highest BCUT2D eigenvalue weighted by atomic mass is 16.5. The van der Waals surface area contributed by atoms with Crippen LogP contribution in [-0.4, -0.2) is 48.2 Å². The molecule has 21 heavy (non-hydrogen) atoms. The van der Waals surface area contributed by atoms with Gasteiger partial charge in [0.1, 0.15) is 6.10 Å². The minimum atomic E-state index is -1.03. The molecule has 114 valence electrons. The van der Waals surface area contributed by atoms with E-state index in [0.29, 0.717) is 32.4 Å². The van der Waals surface area contributed by atoms with Crippen molar-refractivity contribution in [2.45, 2.75) is 25.4 Å². The van der Waals surface area contributed by atoms with Gasteiger partial charge in [0, 0.05) is 19.5 Å². The Bertz CT molecular complexity index is 480. The highest BCUT2D eigenvalue weighted by Crippen LogP contribution is 2.19. The zero-order chi connectivity index (χ0) is 15.2. The Hall–Kier alpha value is -1.88. The molecule has 2 rings (SSSR count). The van der Waals surface area contributed by atoms with Crippen LogP contribution in [0.25, 0.3) is 0 Å².